The zero-order valence-corrected chi connectivity index (χ0v) is 14.7. The van der Waals surface area contributed by atoms with Crippen molar-refractivity contribution in [2.75, 3.05) is 0 Å². The van der Waals surface area contributed by atoms with Crippen molar-refractivity contribution >= 4 is 16.8 Å². The van der Waals surface area contributed by atoms with E-state index in [-0.39, 0.29) is 11.1 Å². The number of allylic oxidation sites excluding steroid dienone is 1. The first kappa shape index (κ1) is 17.4. The molecule has 0 aromatic rings. The Bertz CT molecular complexity index is 462. The minimum absolute atomic E-state index is 0.0622. The van der Waals surface area contributed by atoms with Crippen molar-refractivity contribution < 1.29 is 8.78 Å². The van der Waals surface area contributed by atoms with E-state index in [4.69, 9.17) is 11.6 Å². The van der Waals surface area contributed by atoms with Gasteiger partial charge in [0.2, 0.25) is 6.30 Å². The highest BCUT2D eigenvalue weighted by Gasteiger charge is 2.48. The topological polar surface area (TPSA) is 12.4 Å². The predicted molar refractivity (Wildman–Crippen MR) is 92.4 cm³/mol. The SMILES string of the molecule is CC[C@H]1CC[C@H](C2CCC(C3(F)C=CC(Cl)=NC3F)CC2)CC1. The molecule has 23 heavy (non-hydrogen) atoms. The maximum atomic E-state index is 15.1. The van der Waals surface area contributed by atoms with E-state index in [1.165, 1.54) is 44.3 Å². The monoisotopic (exact) mass is 343 g/mol. The predicted octanol–water partition coefficient (Wildman–Crippen LogP) is 6.22. The number of alkyl halides is 2. The summed E-state index contributed by atoms with van der Waals surface area (Å²) < 4.78 is 29.2. The van der Waals surface area contributed by atoms with Crippen LogP contribution >= 0.6 is 11.6 Å². The van der Waals surface area contributed by atoms with E-state index < -0.39 is 12.0 Å². The van der Waals surface area contributed by atoms with Gasteiger partial charge in [-0.25, -0.2) is 13.8 Å². The largest absolute Gasteiger partial charge is 0.234 e. The molecular weight excluding hydrogens is 316 g/mol. The minimum Gasteiger partial charge on any atom is -0.234 e. The molecule has 4 heteroatoms. The second-order valence-electron chi connectivity index (χ2n) is 7.75. The van der Waals surface area contributed by atoms with Crippen molar-refractivity contribution in [2.24, 2.45) is 28.7 Å². The number of dihydropyridines is 1. The van der Waals surface area contributed by atoms with Gasteiger partial charge in [-0.1, -0.05) is 37.8 Å². The molecule has 2 aliphatic carbocycles. The molecule has 1 heterocycles. The Kier molecular flexibility index (Phi) is 5.45. The zero-order valence-electron chi connectivity index (χ0n) is 14.0. The first-order valence-corrected chi connectivity index (χ1v) is 9.66. The second kappa shape index (κ2) is 7.21. The maximum Gasteiger partial charge on any atom is 0.228 e. The van der Waals surface area contributed by atoms with Crippen molar-refractivity contribution in [3.8, 4) is 0 Å². The van der Waals surface area contributed by atoms with Crippen LogP contribution in [-0.4, -0.2) is 17.1 Å². The summed E-state index contributed by atoms with van der Waals surface area (Å²) in [4.78, 5) is 3.59. The lowest BCUT2D eigenvalue weighted by Gasteiger charge is -2.41. The number of nitrogens with zero attached hydrogens (tertiary/aromatic N) is 1. The molecule has 2 unspecified atom stereocenters. The van der Waals surface area contributed by atoms with Crippen LogP contribution in [0, 0.1) is 23.7 Å². The van der Waals surface area contributed by atoms with Gasteiger partial charge in [0.1, 0.15) is 5.17 Å². The van der Waals surface area contributed by atoms with Crippen LogP contribution in [0.2, 0.25) is 0 Å². The van der Waals surface area contributed by atoms with Crippen molar-refractivity contribution in [1.29, 1.82) is 0 Å². The highest BCUT2D eigenvalue weighted by atomic mass is 35.5. The van der Waals surface area contributed by atoms with Gasteiger partial charge < -0.3 is 0 Å². The standard InChI is InChI=1S/C19H28ClF2N/c1-2-13-3-5-14(6-4-13)15-7-9-16(10-8-15)19(22)12-11-17(20)23-18(19)21/h11-16,18H,2-10H2,1H3/t13-,14-,15?,16?,18?,19?. The lowest BCUT2D eigenvalue weighted by atomic mass is 9.66. The summed E-state index contributed by atoms with van der Waals surface area (Å²) in [6.07, 6.45) is 11.2. The van der Waals surface area contributed by atoms with Gasteiger partial charge >= 0.3 is 0 Å². The first-order valence-electron chi connectivity index (χ1n) is 9.28. The van der Waals surface area contributed by atoms with E-state index >= 15 is 4.39 Å². The molecule has 0 saturated heterocycles. The molecule has 1 aliphatic heterocycles. The van der Waals surface area contributed by atoms with E-state index in [0.29, 0.717) is 5.92 Å². The summed E-state index contributed by atoms with van der Waals surface area (Å²) in [6, 6.07) is 0. The molecule has 3 rings (SSSR count). The number of hydrogen-bond donors (Lipinski definition) is 0. The van der Waals surface area contributed by atoms with Gasteiger partial charge in [-0.3, -0.25) is 0 Å². The first-order chi connectivity index (χ1) is 11.0. The lowest BCUT2D eigenvalue weighted by Crippen LogP contribution is -2.44. The van der Waals surface area contributed by atoms with Crippen LogP contribution < -0.4 is 0 Å². The average molecular weight is 344 g/mol. The zero-order chi connectivity index (χ0) is 16.4. The number of rotatable bonds is 3. The van der Waals surface area contributed by atoms with Crippen molar-refractivity contribution in [1.82, 2.24) is 0 Å². The molecule has 0 aromatic heterocycles. The molecule has 0 bridgehead atoms. The van der Waals surface area contributed by atoms with E-state index in [0.717, 1.165) is 37.5 Å². The Morgan fingerprint density at radius 1 is 1.09 bits per heavy atom. The number of aliphatic imine (C=N–C) groups is 1. The van der Waals surface area contributed by atoms with Crippen molar-refractivity contribution in [3.63, 3.8) is 0 Å². The van der Waals surface area contributed by atoms with Crippen molar-refractivity contribution in [2.45, 2.75) is 76.7 Å². The van der Waals surface area contributed by atoms with E-state index in [2.05, 4.69) is 11.9 Å². The normalized spacial score (nSPS) is 44.9. The fourth-order valence-electron chi connectivity index (χ4n) is 4.96. The van der Waals surface area contributed by atoms with Crippen LogP contribution in [0.1, 0.15) is 64.7 Å². The van der Waals surface area contributed by atoms with E-state index in [9.17, 15) is 4.39 Å². The second-order valence-corrected chi connectivity index (χ2v) is 8.14. The lowest BCUT2D eigenvalue weighted by molar-refractivity contribution is 0.00813. The Labute approximate surface area is 143 Å². The Morgan fingerprint density at radius 2 is 1.65 bits per heavy atom. The molecule has 0 spiro atoms. The molecule has 130 valence electrons. The van der Waals surface area contributed by atoms with Crippen LogP contribution in [0.4, 0.5) is 8.78 Å². The van der Waals surface area contributed by atoms with Gasteiger partial charge in [-0.2, -0.15) is 0 Å². The number of halogens is 3. The molecule has 3 aliphatic rings. The van der Waals surface area contributed by atoms with Crippen LogP contribution in [-0.2, 0) is 0 Å². The summed E-state index contributed by atoms with van der Waals surface area (Å²) in [5.41, 5.74) is -1.96. The smallest absolute Gasteiger partial charge is 0.228 e. The fourth-order valence-corrected chi connectivity index (χ4v) is 5.11. The van der Waals surface area contributed by atoms with Gasteiger partial charge in [0.25, 0.3) is 0 Å². The molecule has 2 saturated carbocycles. The van der Waals surface area contributed by atoms with Crippen LogP contribution in [0.15, 0.2) is 17.1 Å². The van der Waals surface area contributed by atoms with Gasteiger partial charge in [0.05, 0.1) is 0 Å². The number of hydrogen-bond acceptors (Lipinski definition) is 1. The third-order valence-electron chi connectivity index (χ3n) is 6.61. The molecule has 1 nitrogen and oxygen atoms in total. The van der Waals surface area contributed by atoms with Crippen LogP contribution in [0.25, 0.3) is 0 Å². The van der Waals surface area contributed by atoms with Crippen molar-refractivity contribution in [3.05, 3.63) is 12.2 Å². The highest BCUT2D eigenvalue weighted by Crippen LogP contribution is 2.47. The fraction of sp³-hybridized carbons (Fsp3) is 0.842. The Morgan fingerprint density at radius 3 is 2.17 bits per heavy atom. The third kappa shape index (κ3) is 3.65. The van der Waals surface area contributed by atoms with Gasteiger partial charge in [-0.15, -0.1) is 0 Å². The molecule has 0 aromatic carbocycles. The maximum absolute atomic E-state index is 15.1. The summed E-state index contributed by atoms with van der Waals surface area (Å²) in [5, 5.41) is 0.0622. The third-order valence-corrected chi connectivity index (χ3v) is 6.83. The van der Waals surface area contributed by atoms with E-state index in [1.54, 1.807) is 0 Å². The van der Waals surface area contributed by atoms with Gasteiger partial charge in [0, 0.05) is 5.92 Å². The summed E-state index contributed by atoms with van der Waals surface area (Å²) >= 11 is 5.68. The van der Waals surface area contributed by atoms with Crippen LogP contribution in [0.5, 0.6) is 0 Å². The summed E-state index contributed by atoms with van der Waals surface area (Å²) in [7, 11) is 0. The average Bonchev–Trinajstić information content (AvgIpc) is 2.59. The Hall–Kier alpha value is -0.440. The molecule has 0 amide bonds. The molecule has 0 N–H and O–H groups in total. The summed E-state index contributed by atoms with van der Waals surface area (Å²) in [6.45, 7) is 2.29. The Balaban J connectivity index is 1.54. The molecular formula is C19H28ClF2N. The van der Waals surface area contributed by atoms with Gasteiger partial charge in [0.15, 0.2) is 5.67 Å². The molecule has 2 fully saturated rings. The van der Waals surface area contributed by atoms with Crippen LogP contribution in [0.3, 0.4) is 0 Å². The quantitative estimate of drug-likeness (QED) is 0.539. The van der Waals surface area contributed by atoms with Gasteiger partial charge in [-0.05, 0) is 68.4 Å². The summed E-state index contributed by atoms with van der Waals surface area (Å²) in [5.74, 6) is 2.18. The highest BCUT2D eigenvalue weighted by molar-refractivity contribution is 6.68. The minimum atomic E-state index is -1.96. The molecule has 0 radical (unpaired) electrons. The van der Waals surface area contributed by atoms with E-state index in [1.807, 2.05) is 0 Å². The molecule has 2 atom stereocenters.